The zero-order chi connectivity index (χ0) is 14.8. The smallest absolute Gasteiger partial charge is 0.144 e. The average molecular weight is 266 g/mol. The fourth-order valence-electron chi connectivity index (χ4n) is 1.48. The van der Waals surface area contributed by atoms with Crippen molar-refractivity contribution in [2.75, 3.05) is 11.1 Å². The largest absolute Gasteiger partial charge is 0.489 e. The first kappa shape index (κ1) is 15.6. The van der Waals surface area contributed by atoms with E-state index >= 15 is 0 Å². The fraction of sp³-hybridized carbons (Fsp3) is 0.600. The molecule has 108 valence electrons. The van der Waals surface area contributed by atoms with Crippen LogP contribution in [0.15, 0.2) is 18.2 Å². The van der Waals surface area contributed by atoms with E-state index in [1.54, 1.807) is 19.9 Å². The highest BCUT2D eigenvalue weighted by atomic mass is 16.5. The normalized spacial score (nSPS) is 12.6. The first-order valence-corrected chi connectivity index (χ1v) is 6.59. The predicted molar refractivity (Wildman–Crippen MR) is 80.6 cm³/mol. The molecule has 0 heterocycles. The Labute approximate surface area is 116 Å². The number of hydrogen-bond donors (Lipinski definition) is 3. The van der Waals surface area contributed by atoms with Crippen LogP contribution in [0.1, 0.15) is 41.5 Å². The monoisotopic (exact) mass is 266 g/mol. The van der Waals surface area contributed by atoms with Crippen LogP contribution < -0.4 is 15.8 Å². The maximum Gasteiger partial charge on any atom is 0.144 e. The van der Waals surface area contributed by atoms with Gasteiger partial charge in [0, 0.05) is 11.8 Å². The second-order valence-electron chi connectivity index (χ2n) is 6.23. The van der Waals surface area contributed by atoms with Crippen LogP contribution in [-0.4, -0.2) is 22.4 Å². The molecule has 4 heteroatoms. The average Bonchev–Trinajstić information content (AvgIpc) is 2.20. The summed E-state index contributed by atoms with van der Waals surface area (Å²) in [5.41, 5.74) is 6.04. The molecule has 1 rings (SSSR count). The second kappa shape index (κ2) is 5.29. The van der Waals surface area contributed by atoms with E-state index in [9.17, 15) is 5.11 Å². The van der Waals surface area contributed by atoms with Gasteiger partial charge in [-0.15, -0.1) is 0 Å². The van der Waals surface area contributed by atoms with Gasteiger partial charge in [0.25, 0.3) is 0 Å². The molecule has 0 aromatic heterocycles. The number of nitrogen functional groups attached to an aromatic ring is 1. The summed E-state index contributed by atoms with van der Waals surface area (Å²) in [5.74, 6) is 0.659. The number of ether oxygens (including phenoxy) is 1. The number of nitrogens with two attached hydrogens (primary N) is 1. The van der Waals surface area contributed by atoms with Crippen LogP contribution in [-0.2, 0) is 0 Å². The van der Waals surface area contributed by atoms with E-state index in [-0.39, 0.29) is 6.10 Å². The zero-order valence-electron chi connectivity index (χ0n) is 12.7. The van der Waals surface area contributed by atoms with E-state index in [1.165, 1.54) is 0 Å². The lowest BCUT2D eigenvalue weighted by atomic mass is 9.86. The third-order valence-corrected chi connectivity index (χ3v) is 3.36. The number of benzene rings is 1. The lowest BCUT2D eigenvalue weighted by molar-refractivity contribution is 0.0240. The quantitative estimate of drug-likeness (QED) is 0.717. The summed E-state index contributed by atoms with van der Waals surface area (Å²) < 4.78 is 5.66. The summed E-state index contributed by atoms with van der Waals surface area (Å²) in [6.45, 7) is 11.4. The Morgan fingerprint density at radius 2 is 1.79 bits per heavy atom. The summed E-state index contributed by atoms with van der Waals surface area (Å²) >= 11 is 0. The van der Waals surface area contributed by atoms with Gasteiger partial charge in [0.05, 0.1) is 22.9 Å². The molecule has 0 spiro atoms. The Balaban J connectivity index is 2.97. The molecule has 1 aromatic rings. The van der Waals surface area contributed by atoms with Crippen molar-refractivity contribution >= 4 is 11.4 Å². The zero-order valence-corrected chi connectivity index (χ0v) is 12.7. The molecule has 1 aromatic carbocycles. The topological polar surface area (TPSA) is 67.5 Å². The number of rotatable bonds is 5. The summed E-state index contributed by atoms with van der Waals surface area (Å²) in [5, 5.41) is 13.5. The van der Waals surface area contributed by atoms with Crippen LogP contribution in [0, 0.1) is 0 Å². The minimum absolute atomic E-state index is 0.0693. The number of nitrogens with one attached hydrogen (secondary N) is 1. The molecule has 4 N–H and O–H groups in total. The standard InChI is InChI=1S/C15H26N2O2/c1-10(2)19-13-9-11(7-8-12(13)16)17-14(3,4)15(5,6)18/h7-10,17-18H,16H2,1-6H3. The molecule has 0 saturated carbocycles. The summed E-state index contributed by atoms with van der Waals surface area (Å²) in [4.78, 5) is 0. The van der Waals surface area contributed by atoms with E-state index in [1.807, 2.05) is 39.8 Å². The van der Waals surface area contributed by atoms with Crippen molar-refractivity contribution in [3.8, 4) is 5.75 Å². The molecule has 0 bridgehead atoms. The van der Waals surface area contributed by atoms with Gasteiger partial charge in [-0.25, -0.2) is 0 Å². The Kier molecular flexibility index (Phi) is 4.35. The summed E-state index contributed by atoms with van der Waals surface area (Å²) in [6, 6.07) is 5.55. The Morgan fingerprint density at radius 1 is 1.21 bits per heavy atom. The molecule has 4 nitrogen and oxygen atoms in total. The summed E-state index contributed by atoms with van der Waals surface area (Å²) in [7, 11) is 0. The van der Waals surface area contributed by atoms with Crippen molar-refractivity contribution < 1.29 is 9.84 Å². The van der Waals surface area contributed by atoms with Gasteiger partial charge < -0.3 is 20.9 Å². The lowest BCUT2D eigenvalue weighted by Crippen LogP contribution is -2.51. The van der Waals surface area contributed by atoms with Crippen molar-refractivity contribution in [3.05, 3.63) is 18.2 Å². The Morgan fingerprint density at radius 3 is 2.26 bits per heavy atom. The van der Waals surface area contributed by atoms with Crippen molar-refractivity contribution in [2.24, 2.45) is 0 Å². The van der Waals surface area contributed by atoms with Gasteiger partial charge in [-0.3, -0.25) is 0 Å². The van der Waals surface area contributed by atoms with E-state index in [4.69, 9.17) is 10.5 Å². The second-order valence-corrected chi connectivity index (χ2v) is 6.23. The van der Waals surface area contributed by atoms with Crippen molar-refractivity contribution in [2.45, 2.75) is 58.8 Å². The molecule has 0 fully saturated rings. The number of anilines is 2. The van der Waals surface area contributed by atoms with Crippen molar-refractivity contribution in [1.29, 1.82) is 0 Å². The van der Waals surface area contributed by atoms with Crippen LogP contribution >= 0.6 is 0 Å². The first-order chi connectivity index (χ1) is 8.53. The van der Waals surface area contributed by atoms with Crippen molar-refractivity contribution in [1.82, 2.24) is 0 Å². The van der Waals surface area contributed by atoms with E-state index in [0.717, 1.165) is 5.69 Å². The van der Waals surface area contributed by atoms with E-state index in [2.05, 4.69) is 5.32 Å². The lowest BCUT2D eigenvalue weighted by Gasteiger charge is -2.39. The number of hydrogen-bond acceptors (Lipinski definition) is 4. The highest BCUT2D eigenvalue weighted by Gasteiger charge is 2.34. The third-order valence-electron chi connectivity index (χ3n) is 3.36. The van der Waals surface area contributed by atoms with Gasteiger partial charge in [-0.1, -0.05) is 0 Å². The molecule has 0 atom stereocenters. The molecule has 0 aliphatic heterocycles. The van der Waals surface area contributed by atoms with Crippen LogP contribution in [0.25, 0.3) is 0 Å². The van der Waals surface area contributed by atoms with Crippen molar-refractivity contribution in [3.63, 3.8) is 0 Å². The summed E-state index contributed by atoms with van der Waals surface area (Å²) in [6.07, 6.45) is 0.0693. The molecule has 0 saturated heterocycles. The minimum Gasteiger partial charge on any atom is -0.489 e. The van der Waals surface area contributed by atoms with Gasteiger partial charge in [0.2, 0.25) is 0 Å². The van der Waals surface area contributed by atoms with Crippen LogP contribution in [0.3, 0.4) is 0 Å². The SMILES string of the molecule is CC(C)Oc1cc(NC(C)(C)C(C)(C)O)ccc1N. The predicted octanol–water partition coefficient (Wildman–Crippen LogP) is 3.02. The molecule has 0 radical (unpaired) electrons. The maximum atomic E-state index is 10.2. The van der Waals surface area contributed by atoms with Gasteiger partial charge in [-0.2, -0.15) is 0 Å². The highest BCUT2D eigenvalue weighted by molar-refractivity contribution is 5.62. The van der Waals surface area contributed by atoms with Crippen LogP contribution in [0.5, 0.6) is 5.75 Å². The number of aliphatic hydroxyl groups is 1. The minimum atomic E-state index is -0.854. The maximum absolute atomic E-state index is 10.2. The molecule has 19 heavy (non-hydrogen) atoms. The van der Waals surface area contributed by atoms with Gasteiger partial charge >= 0.3 is 0 Å². The molecule has 0 aliphatic carbocycles. The van der Waals surface area contributed by atoms with Crippen LogP contribution in [0.4, 0.5) is 11.4 Å². The highest BCUT2D eigenvalue weighted by Crippen LogP contribution is 2.31. The van der Waals surface area contributed by atoms with E-state index in [0.29, 0.717) is 11.4 Å². The molecule has 0 aliphatic rings. The third kappa shape index (κ3) is 4.03. The van der Waals surface area contributed by atoms with Gasteiger partial charge in [-0.05, 0) is 53.7 Å². The first-order valence-electron chi connectivity index (χ1n) is 6.59. The van der Waals surface area contributed by atoms with Crippen LogP contribution in [0.2, 0.25) is 0 Å². The molecule has 0 unspecified atom stereocenters. The van der Waals surface area contributed by atoms with Gasteiger partial charge in [0.1, 0.15) is 5.75 Å². The van der Waals surface area contributed by atoms with E-state index < -0.39 is 11.1 Å². The molecular weight excluding hydrogens is 240 g/mol. The molecule has 0 amide bonds. The van der Waals surface area contributed by atoms with Gasteiger partial charge in [0.15, 0.2) is 0 Å². The Hall–Kier alpha value is -1.42. The Bertz CT molecular complexity index is 434. The molecular formula is C15H26N2O2. The fourth-order valence-corrected chi connectivity index (χ4v) is 1.48.